The van der Waals surface area contributed by atoms with E-state index in [2.05, 4.69) is 5.32 Å². The van der Waals surface area contributed by atoms with Crippen molar-refractivity contribution >= 4 is 5.91 Å². The number of unbranched alkanes of at least 4 members (excludes halogenated alkanes) is 1. The third kappa shape index (κ3) is 3.78. The molecule has 1 aromatic carbocycles. The summed E-state index contributed by atoms with van der Waals surface area (Å²) in [6.07, 6.45) is 2.38. The summed E-state index contributed by atoms with van der Waals surface area (Å²) in [5.41, 5.74) is 4.73. The van der Waals surface area contributed by atoms with Gasteiger partial charge in [-0.2, -0.15) is 0 Å². The Labute approximate surface area is 124 Å². The number of nitrogens with one attached hydrogen (secondary N) is 1. The third-order valence-corrected chi connectivity index (χ3v) is 3.78. The Morgan fingerprint density at radius 3 is 2.86 bits per heavy atom. The van der Waals surface area contributed by atoms with Crippen LogP contribution in [0.4, 0.5) is 0 Å². The zero-order valence-electron chi connectivity index (χ0n) is 12.5. The maximum absolute atomic E-state index is 11.3. The number of carbonyl (C=O) groups is 1. The van der Waals surface area contributed by atoms with Gasteiger partial charge >= 0.3 is 0 Å². The van der Waals surface area contributed by atoms with Crippen molar-refractivity contribution in [1.82, 2.24) is 5.32 Å². The number of ether oxygens (including phenoxy) is 3. The van der Waals surface area contributed by atoms with Crippen LogP contribution in [0.3, 0.4) is 0 Å². The summed E-state index contributed by atoms with van der Waals surface area (Å²) >= 11 is 0. The minimum absolute atomic E-state index is 0.258. The summed E-state index contributed by atoms with van der Waals surface area (Å²) in [7, 11) is 1.74. The molecule has 116 valence electrons. The van der Waals surface area contributed by atoms with Crippen LogP contribution >= 0.6 is 0 Å². The summed E-state index contributed by atoms with van der Waals surface area (Å²) < 4.78 is 16.2. The monoisotopic (exact) mass is 294 g/mol. The maximum atomic E-state index is 11.3. The predicted molar refractivity (Wildman–Crippen MR) is 78.6 cm³/mol. The first kappa shape index (κ1) is 15.4. The Hall–Kier alpha value is -1.95. The SMILES string of the molecule is CNC(C)(CCCCOc1ccc2c(c1)OCO2)C(N)=O. The first-order valence-electron chi connectivity index (χ1n) is 7.06. The van der Waals surface area contributed by atoms with E-state index in [4.69, 9.17) is 19.9 Å². The van der Waals surface area contributed by atoms with Gasteiger partial charge in [-0.3, -0.25) is 4.79 Å². The Morgan fingerprint density at radius 1 is 1.38 bits per heavy atom. The number of amides is 1. The van der Waals surface area contributed by atoms with E-state index in [-0.39, 0.29) is 12.7 Å². The second-order valence-corrected chi connectivity index (χ2v) is 5.27. The van der Waals surface area contributed by atoms with Crippen LogP contribution < -0.4 is 25.3 Å². The number of nitrogens with two attached hydrogens (primary N) is 1. The highest BCUT2D eigenvalue weighted by Gasteiger charge is 2.27. The average Bonchev–Trinajstić information content (AvgIpc) is 2.94. The van der Waals surface area contributed by atoms with Crippen LogP contribution in [0.15, 0.2) is 18.2 Å². The normalized spacial score (nSPS) is 15.5. The first-order chi connectivity index (χ1) is 10.0. The second kappa shape index (κ2) is 6.67. The summed E-state index contributed by atoms with van der Waals surface area (Å²) in [6, 6.07) is 5.51. The molecule has 0 saturated carbocycles. The topological polar surface area (TPSA) is 82.8 Å². The summed E-state index contributed by atoms with van der Waals surface area (Å²) in [6.45, 7) is 2.65. The molecule has 6 nitrogen and oxygen atoms in total. The van der Waals surface area contributed by atoms with Crippen LogP contribution in [0.5, 0.6) is 17.2 Å². The van der Waals surface area contributed by atoms with E-state index in [0.29, 0.717) is 18.8 Å². The largest absolute Gasteiger partial charge is 0.493 e. The molecule has 1 heterocycles. The van der Waals surface area contributed by atoms with Crippen molar-refractivity contribution in [3.63, 3.8) is 0 Å². The molecule has 1 atom stereocenters. The number of hydrogen-bond acceptors (Lipinski definition) is 5. The molecule has 0 radical (unpaired) electrons. The van der Waals surface area contributed by atoms with Gasteiger partial charge in [0.1, 0.15) is 5.75 Å². The van der Waals surface area contributed by atoms with Crippen molar-refractivity contribution in [2.75, 3.05) is 20.4 Å². The van der Waals surface area contributed by atoms with Gasteiger partial charge in [0.2, 0.25) is 12.7 Å². The quantitative estimate of drug-likeness (QED) is 0.709. The maximum Gasteiger partial charge on any atom is 0.237 e. The molecule has 3 N–H and O–H groups in total. The van der Waals surface area contributed by atoms with E-state index < -0.39 is 5.54 Å². The van der Waals surface area contributed by atoms with Crippen molar-refractivity contribution in [3.8, 4) is 17.2 Å². The van der Waals surface area contributed by atoms with Gasteiger partial charge in [-0.15, -0.1) is 0 Å². The Balaban J connectivity index is 1.72. The van der Waals surface area contributed by atoms with Crippen LogP contribution in [0.1, 0.15) is 26.2 Å². The fourth-order valence-corrected chi connectivity index (χ4v) is 2.11. The number of rotatable bonds is 8. The highest BCUT2D eigenvalue weighted by Crippen LogP contribution is 2.35. The lowest BCUT2D eigenvalue weighted by molar-refractivity contribution is -0.123. The highest BCUT2D eigenvalue weighted by molar-refractivity contribution is 5.84. The number of primary amides is 1. The van der Waals surface area contributed by atoms with E-state index in [1.807, 2.05) is 25.1 Å². The zero-order valence-corrected chi connectivity index (χ0v) is 12.5. The smallest absolute Gasteiger partial charge is 0.237 e. The van der Waals surface area contributed by atoms with Crippen LogP contribution in [0.2, 0.25) is 0 Å². The number of carbonyl (C=O) groups excluding carboxylic acids is 1. The number of likely N-dealkylation sites (N-methyl/N-ethyl adjacent to an activating group) is 1. The molecule has 2 rings (SSSR count). The van der Waals surface area contributed by atoms with Crippen molar-refractivity contribution in [3.05, 3.63) is 18.2 Å². The van der Waals surface area contributed by atoms with Crippen LogP contribution in [-0.2, 0) is 4.79 Å². The van der Waals surface area contributed by atoms with Gasteiger partial charge in [-0.25, -0.2) is 0 Å². The van der Waals surface area contributed by atoms with Crippen LogP contribution in [0.25, 0.3) is 0 Å². The van der Waals surface area contributed by atoms with Crippen molar-refractivity contribution in [1.29, 1.82) is 0 Å². The number of fused-ring (bicyclic) bond motifs is 1. The molecule has 1 aliphatic rings. The zero-order chi connectivity index (χ0) is 15.3. The van der Waals surface area contributed by atoms with E-state index in [0.717, 1.165) is 24.3 Å². The highest BCUT2D eigenvalue weighted by atomic mass is 16.7. The number of benzene rings is 1. The van der Waals surface area contributed by atoms with Gasteiger partial charge in [0.15, 0.2) is 11.5 Å². The molecule has 0 saturated heterocycles. The lowest BCUT2D eigenvalue weighted by Crippen LogP contribution is -2.51. The predicted octanol–water partition coefficient (Wildman–Crippen LogP) is 1.43. The van der Waals surface area contributed by atoms with Gasteiger partial charge in [-0.05, 0) is 45.4 Å². The average molecular weight is 294 g/mol. The summed E-state index contributed by atoms with van der Waals surface area (Å²) in [5, 5.41) is 2.97. The van der Waals surface area contributed by atoms with Gasteiger partial charge in [-0.1, -0.05) is 0 Å². The van der Waals surface area contributed by atoms with Gasteiger partial charge < -0.3 is 25.3 Å². The second-order valence-electron chi connectivity index (χ2n) is 5.27. The molecular formula is C15H22N2O4. The van der Waals surface area contributed by atoms with Crippen molar-refractivity contribution in [2.45, 2.75) is 31.7 Å². The molecule has 1 aromatic rings. The molecule has 0 aliphatic carbocycles. The van der Waals surface area contributed by atoms with Crippen molar-refractivity contribution < 1.29 is 19.0 Å². The lowest BCUT2D eigenvalue weighted by atomic mass is 9.94. The minimum atomic E-state index is -0.654. The number of hydrogen-bond donors (Lipinski definition) is 2. The van der Waals surface area contributed by atoms with Crippen LogP contribution in [0, 0.1) is 0 Å². The van der Waals surface area contributed by atoms with Crippen molar-refractivity contribution in [2.24, 2.45) is 5.73 Å². The van der Waals surface area contributed by atoms with E-state index in [1.54, 1.807) is 7.05 Å². The van der Waals surface area contributed by atoms with Gasteiger partial charge in [0.25, 0.3) is 0 Å². The lowest BCUT2D eigenvalue weighted by Gasteiger charge is -2.25. The minimum Gasteiger partial charge on any atom is -0.493 e. The third-order valence-electron chi connectivity index (χ3n) is 3.78. The Morgan fingerprint density at radius 2 is 2.14 bits per heavy atom. The van der Waals surface area contributed by atoms with E-state index in [1.165, 1.54) is 0 Å². The Bertz CT molecular complexity index is 506. The van der Waals surface area contributed by atoms with Gasteiger partial charge in [0, 0.05) is 6.07 Å². The molecule has 6 heteroatoms. The standard InChI is InChI=1S/C15H22N2O4/c1-15(17-2,14(16)18)7-3-4-8-19-11-5-6-12-13(9-11)21-10-20-12/h5-6,9,17H,3-4,7-8,10H2,1-2H3,(H2,16,18). The molecule has 0 spiro atoms. The van der Waals surface area contributed by atoms with E-state index in [9.17, 15) is 4.79 Å². The molecule has 1 unspecified atom stereocenters. The molecule has 0 bridgehead atoms. The Kier molecular flexibility index (Phi) is 4.90. The summed E-state index contributed by atoms with van der Waals surface area (Å²) in [4.78, 5) is 11.3. The van der Waals surface area contributed by atoms with Crippen LogP contribution in [-0.4, -0.2) is 31.9 Å². The fourth-order valence-electron chi connectivity index (χ4n) is 2.11. The molecule has 1 amide bonds. The summed E-state index contributed by atoms with van der Waals surface area (Å²) in [5.74, 6) is 1.88. The molecular weight excluding hydrogens is 272 g/mol. The first-order valence-corrected chi connectivity index (χ1v) is 7.06. The van der Waals surface area contributed by atoms with E-state index >= 15 is 0 Å². The van der Waals surface area contributed by atoms with Gasteiger partial charge in [0.05, 0.1) is 12.1 Å². The molecule has 0 aromatic heterocycles. The molecule has 21 heavy (non-hydrogen) atoms. The molecule has 0 fully saturated rings. The fraction of sp³-hybridized carbons (Fsp3) is 0.533. The molecule has 1 aliphatic heterocycles.